The lowest BCUT2D eigenvalue weighted by molar-refractivity contribution is 0.0695. The second-order valence-corrected chi connectivity index (χ2v) is 4.12. The Balaban J connectivity index is 2.34. The van der Waals surface area contributed by atoms with Crippen molar-refractivity contribution < 1.29 is 9.90 Å². The van der Waals surface area contributed by atoms with E-state index in [2.05, 4.69) is 17.0 Å². The van der Waals surface area contributed by atoms with E-state index < -0.39 is 5.97 Å². The van der Waals surface area contributed by atoms with Crippen molar-refractivity contribution >= 4 is 5.97 Å². The quantitative estimate of drug-likeness (QED) is 0.772. The highest BCUT2D eigenvalue weighted by Crippen LogP contribution is 2.28. The number of carboxylic acids is 1. The largest absolute Gasteiger partial charge is 0.478 e. The number of likely N-dealkylation sites (N-methyl/N-ethyl adjacent to an activating group) is 1. The fourth-order valence-corrected chi connectivity index (χ4v) is 2.25. The zero-order valence-corrected chi connectivity index (χ0v) is 8.97. The number of rotatable bonds is 2. The Bertz CT molecular complexity index is 386. The molecule has 1 aliphatic rings. The van der Waals surface area contributed by atoms with Crippen molar-refractivity contribution in [1.82, 2.24) is 14.7 Å². The van der Waals surface area contributed by atoms with Crippen LogP contribution in [0.15, 0.2) is 6.20 Å². The van der Waals surface area contributed by atoms with Crippen molar-refractivity contribution in [1.29, 1.82) is 0 Å². The van der Waals surface area contributed by atoms with E-state index in [1.165, 1.54) is 6.20 Å². The van der Waals surface area contributed by atoms with Gasteiger partial charge in [-0.2, -0.15) is 5.10 Å². The van der Waals surface area contributed by atoms with E-state index in [-0.39, 0.29) is 0 Å². The first-order valence-corrected chi connectivity index (χ1v) is 5.03. The minimum Gasteiger partial charge on any atom is -0.478 e. The van der Waals surface area contributed by atoms with Gasteiger partial charge in [-0.15, -0.1) is 0 Å². The van der Waals surface area contributed by atoms with E-state index in [4.69, 9.17) is 5.11 Å². The Morgan fingerprint density at radius 2 is 2.33 bits per heavy atom. The van der Waals surface area contributed by atoms with E-state index in [1.54, 1.807) is 11.7 Å². The summed E-state index contributed by atoms with van der Waals surface area (Å²) in [6.45, 7) is 1.94. The molecule has 0 bridgehead atoms. The van der Waals surface area contributed by atoms with E-state index >= 15 is 0 Å². The first-order chi connectivity index (χ1) is 7.09. The van der Waals surface area contributed by atoms with Gasteiger partial charge >= 0.3 is 5.97 Å². The van der Waals surface area contributed by atoms with Crippen LogP contribution in [0, 0.1) is 0 Å². The number of aryl methyl sites for hydroxylation is 1. The van der Waals surface area contributed by atoms with Crippen LogP contribution in [0.3, 0.4) is 0 Å². The van der Waals surface area contributed by atoms with Crippen LogP contribution in [0.1, 0.15) is 28.4 Å². The van der Waals surface area contributed by atoms with E-state index in [1.807, 2.05) is 0 Å². The summed E-state index contributed by atoms with van der Waals surface area (Å²) in [7, 11) is 3.86. The Hall–Kier alpha value is -1.36. The van der Waals surface area contributed by atoms with Crippen molar-refractivity contribution in [3.63, 3.8) is 0 Å². The number of aromatic nitrogens is 2. The minimum absolute atomic E-state index is 0.300. The van der Waals surface area contributed by atoms with Gasteiger partial charge in [0.2, 0.25) is 0 Å². The van der Waals surface area contributed by atoms with Crippen LogP contribution < -0.4 is 0 Å². The number of carbonyl (C=O) groups is 1. The molecule has 1 saturated heterocycles. The van der Waals surface area contributed by atoms with Gasteiger partial charge in [0.15, 0.2) is 0 Å². The number of nitrogens with zero attached hydrogens (tertiary/aromatic N) is 3. The molecule has 1 N–H and O–H groups in total. The number of carboxylic acid groups (broad SMARTS) is 1. The average Bonchev–Trinajstić information content (AvgIpc) is 2.71. The van der Waals surface area contributed by atoms with Gasteiger partial charge in [-0.25, -0.2) is 4.79 Å². The highest BCUT2D eigenvalue weighted by Gasteiger charge is 2.28. The summed E-state index contributed by atoms with van der Waals surface area (Å²) in [6, 6.07) is 0. The highest BCUT2D eigenvalue weighted by molar-refractivity contribution is 5.88. The molecule has 15 heavy (non-hydrogen) atoms. The summed E-state index contributed by atoms with van der Waals surface area (Å²) in [6.07, 6.45) is 2.45. The lowest BCUT2D eigenvalue weighted by atomic mass is 10.0. The Labute approximate surface area is 88.3 Å². The molecule has 82 valence electrons. The molecule has 1 aliphatic heterocycles. The van der Waals surface area contributed by atoms with E-state index in [9.17, 15) is 4.79 Å². The molecule has 5 nitrogen and oxygen atoms in total. The molecule has 1 aromatic heterocycles. The second kappa shape index (κ2) is 3.66. The first kappa shape index (κ1) is 10.2. The fourth-order valence-electron chi connectivity index (χ4n) is 2.25. The molecule has 1 fully saturated rings. The van der Waals surface area contributed by atoms with Crippen molar-refractivity contribution in [3.05, 3.63) is 17.5 Å². The third-order valence-electron chi connectivity index (χ3n) is 2.99. The van der Waals surface area contributed by atoms with Crippen LogP contribution >= 0.6 is 0 Å². The van der Waals surface area contributed by atoms with Gasteiger partial charge in [-0.3, -0.25) is 4.68 Å². The predicted octanol–water partition coefficient (Wildman–Crippen LogP) is 0.537. The number of hydrogen-bond donors (Lipinski definition) is 1. The Morgan fingerprint density at radius 3 is 2.87 bits per heavy atom. The Morgan fingerprint density at radius 1 is 1.60 bits per heavy atom. The van der Waals surface area contributed by atoms with Gasteiger partial charge in [-0.1, -0.05) is 0 Å². The van der Waals surface area contributed by atoms with E-state index in [0.29, 0.717) is 11.5 Å². The van der Waals surface area contributed by atoms with Crippen LogP contribution in [0.4, 0.5) is 0 Å². The summed E-state index contributed by atoms with van der Waals surface area (Å²) in [5.41, 5.74) is 1.20. The SMILES string of the molecule is CN1CCC(c2c(C(=O)O)cnn2C)C1. The molecule has 5 heteroatoms. The van der Waals surface area contributed by atoms with Crippen LogP contribution in [0.2, 0.25) is 0 Å². The molecule has 1 atom stereocenters. The number of hydrogen-bond acceptors (Lipinski definition) is 3. The van der Waals surface area contributed by atoms with Gasteiger partial charge in [-0.05, 0) is 20.0 Å². The molecular formula is C10H15N3O2. The summed E-state index contributed by atoms with van der Waals surface area (Å²) < 4.78 is 1.69. The zero-order valence-electron chi connectivity index (χ0n) is 8.97. The van der Waals surface area contributed by atoms with Gasteiger partial charge in [0.1, 0.15) is 5.56 Å². The third-order valence-corrected chi connectivity index (χ3v) is 2.99. The lowest BCUT2D eigenvalue weighted by Gasteiger charge is -2.12. The van der Waals surface area contributed by atoms with Gasteiger partial charge < -0.3 is 10.0 Å². The fraction of sp³-hybridized carbons (Fsp3) is 0.600. The molecule has 2 heterocycles. The van der Waals surface area contributed by atoms with Gasteiger partial charge in [0.05, 0.1) is 11.9 Å². The van der Waals surface area contributed by atoms with E-state index in [0.717, 1.165) is 25.2 Å². The smallest absolute Gasteiger partial charge is 0.339 e. The lowest BCUT2D eigenvalue weighted by Crippen LogP contribution is -2.16. The first-order valence-electron chi connectivity index (χ1n) is 5.03. The van der Waals surface area contributed by atoms with Crippen molar-refractivity contribution in [2.24, 2.45) is 7.05 Å². The maximum Gasteiger partial charge on any atom is 0.339 e. The van der Waals surface area contributed by atoms with Crippen LogP contribution in [-0.4, -0.2) is 45.9 Å². The number of likely N-dealkylation sites (tertiary alicyclic amines) is 1. The topological polar surface area (TPSA) is 58.4 Å². The van der Waals surface area contributed by atoms with Gasteiger partial charge in [0, 0.05) is 19.5 Å². The summed E-state index contributed by atoms with van der Waals surface area (Å²) in [5, 5.41) is 13.1. The Kier molecular flexibility index (Phi) is 2.48. The molecule has 0 saturated carbocycles. The predicted molar refractivity (Wildman–Crippen MR) is 55.0 cm³/mol. The maximum atomic E-state index is 11.0. The average molecular weight is 209 g/mol. The number of aromatic carboxylic acids is 1. The molecule has 1 aromatic rings. The van der Waals surface area contributed by atoms with Crippen molar-refractivity contribution in [3.8, 4) is 0 Å². The molecule has 0 radical (unpaired) electrons. The zero-order chi connectivity index (χ0) is 11.0. The molecular weight excluding hydrogens is 194 g/mol. The van der Waals surface area contributed by atoms with Crippen LogP contribution in [0.5, 0.6) is 0 Å². The van der Waals surface area contributed by atoms with Crippen molar-refractivity contribution in [2.75, 3.05) is 20.1 Å². The second-order valence-electron chi connectivity index (χ2n) is 4.12. The summed E-state index contributed by atoms with van der Waals surface area (Å²) >= 11 is 0. The molecule has 0 aliphatic carbocycles. The molecule has 0 amide bonds. The summed E-state index contributed by atoms with van der Waals surface area (Å²) in [5.74, 6) is -0.582. The third kappa shape index (κ3) is 1.74. The van der Waals surface area contributed by atoms with Crippen LogP contribution in [0.25, 0.3) is 0 Å². The van der Waals surface area contributed by atoms with Gasteiger partial charge in [0.25, 0.3) is 0 Å². The molecule has 0 aromatic carbocycles. The maximum absolute atomic E-state index is 11.0. The molecule has 1 unspecified atom stereocenters. The minimum atomic E-state index is -0.882. The van der Waals surface area contributed by atoms with Crippen LogP contribution in [-0.2, 0) is 7.05 Å². The standard InChI is InChI=1S/C10H15N3O2/c1-12-4-3-7(6-12)9-8(10(14)15)5-11-13(9)2/h5,7H,3-4,6H2,1-2H3,(H,14,15). The normalized spacial score (nSPS) is 22.1. The molecule has 2 rings (SSSR count). The highest BCUT2D eigenvalue weighted by atomic mass is 16.4. The monoisotopic (exact) mass is 209 g/mol. The van der Waals surface area contributed by atoms with Crippen molar-refractivity contribution in [2.45, 2.75) is 12.3 Å². The molecule has 0 spiro atoms. The summed E-state index contributed by atoms with van der Waals surface area (Å²) in [4.78, 5) is 13.2.